The molecule has 1 unspecified atom stereocenters. The highest BCUT2D eigenvalue weighted by atomic mass is 19.4. The minimum Gasteiger partial charge on any atom is -0.423 e. The largest absolute Gasteiger partial charge is 0.491 e. The summed E-state index contributed by atoms with van der Waals surface area (Å²) in [4.78, 5) is 39.0. The van der Waals surface area contributed by atoms with E-state index in [0.717, 1.165) is 17.7 Å². The summed E-state index contributed by atoms with van der Waals surface area (Å²) in [7, 11) is -1.09. The van der Waals surface area contributed by atoms with Gasteiger partial charge in [-0.05, 0) is 72.8 Å². The van der Waals surface area contributed by atoms with Crippen LogP contribution < -0.4 is 33.3 Å². The smallest absolute Gasteiger partial charge is 0.423 e. The lowest BCUT2D eigenvalue weighted by molar-refractivity contribution is -0.137. The van der Waals surface area contributed by atoms with Crippen molar-refractivity contribution in [3.8, 4) is 0 Å². The van der Waals surface area contributed by atoms with E-state index in [9.17, 15) is 32.6 Å². The highest BCUT2D eigenvalue weighted by Crippen LogP contribution is 2.29. The van der Waals surface area contributed by atoms with Crippen molar-refractivity contribution in [1.82, 2.24) is 10.6 Å². The van der Waals surface area contributed by atoms with E-state index in [1.807, 2.05) is 0 Å². The molecule has 0 bridgehead atoms. The third-order valence-corrected chi connectivity index (χ3v) is 8.12. The Hall–Kier alpha value is -3.30. The standard InChI is InChI=1S/C30H39BF3N5O5/c32-30(33,34)20-6-2-17(3-7-20)4-9-26(27(40)12-18-1-5-19-16-44-31(43)24(19)11-18)39-29(42)25(37)8-10-28(41)38-23-14-21(35)13-22(36)15-23/h1-3,5-7,11,21-23,25-26,43H,4,8-10,12-16,35-37H2,(H,38,41)(H,39,42)/t21-,22+,23?,25-,26+/m0/s1. The van der Waals surface area contributed by atoms with Crippen LogP contribution in [0.15, 0.2) is 42.5 Å². The number of carbonyl (C=O) groups excluding carboxylic acids is 3. The van der Waals surface area contributed by atoms with Gasteiger partial charge in [-0.25, -0.2) is 0 Å². The molecule has 0 spiro atoms. The van der Waals surface area contributed by atoms with Gasteiger partial charge in [0.15, 0.2) is 5.78 Å². The van der Waals surface area contributed by atoms with Crippen molar-refractivity contribution in [2.24, 2.45) is 17.2 Å². The number of fused-ring (bicyclic) bond motifs is 1. The second-order valence-corrected chi connectivity index (χ2v) is 11.8. The summed E-state index contributed by atoms with van der Waals surface area (Å²) in [5.41, 5.74) is 19.8. The van der Waals surface area contributed by atoms with Crippen molar-refractivity contribution < 1.29 is 37.2 Å². The molecule has 5 atom stereocenters. The molecule has 2 aromatic carbocycles. The fourth-order valence-electron chi connectivity index (χ4n) is 5.71. The van der Waals surface area contributed by atoms with E-state index in [0.29, 0.717) is 35.9 Å². The third-order valence-electron chi connectivity index (χ3n) is 8.12. The number of ketones is 1. The second kappa shape index (κ2) is 14.7. The molecule has 1 fully saturated rings. The number of benzene rings is 2. The van der Waals surface area contributed by atoms with Crippen molar-refractivity contribution in [2.45, 2.75) is 94.4 Å². The van der Waals surface area contributed by atoms with E-state index in [1.165, 1.54) is 12.1 Å². The number of hydrogen-bond donors (Lipinski definition) is 6. The zero-order chi connectivity index (χ0) is 32.0. The fraction of sp³-hybridized carbons (Fsp3) is 0.500. The Bertz CT molecular complexity index is 1320. The first kappa shape index (κ1) is 33.6. The van der Waals surface area contributed by atoms with Gasteiger partial charge in [0, 0.05) is 31.0 Å². The Kier molecular flexibility index (Phi) is 11.2. The van der Waals surface area contributed by atoms with Crippen LogP contribution >= 0.6 is 0 Å². The predicted molar refractivity (Wildman–Crippen MR) is 158 cm³/mol. The molecular formula is C30H39BF3N5O5. The van der Waals surface area contributed by atoms with Crippen molar-refractivity contribution in [1.29, 1.82) is 0 Å². The molecule has 1 aliphatic heterocycles. The molecule has 9 N–H and O–H groups in total. The maximum absolute atomic E-state index is 13.4. The quantitative estimate of drug-likeness (QED) is 0.187. The zero-order valence-electron chi connectivity index (χ0n) is 24.3. The first-order chi connectivity index (χ1) is 20.8. The Balaban J connectivity index is 1.37. The number of hydrogen-bond acceptors (Lipinski definition) is 8. The van der Waals surface area contributed by atoms with Gasteiger partial charge in [0.1, 0.15) is 0 Å². The maximum Gasteiger partial charge on any atom is 0.491 e. The maximum atomic E-state index is 13.4. The van der Waals surface area contributed by atoms with Gasteiger partial charge in [-0.15, -0.1) is 0 Å². The molecule has 1 aliphatic carbocycles. The third kappa shape index (κ3) is 9.35. The van der Waals surface area contributed by atoms with E-state index in [4.69, 9.17) is 21.9 Å². The van der Waals surface area contributed by atoms with Gasteiger partial charge >= 0.3 is 13.3 Å². The van der Waals surface area contributed by atoms with Crippen molar-refractivity contribution in [3.63, 3.8) is 0 Å². The Labute approximate surface area is 254 Å². The normalized spacial score (nSPS) is 21.3. The molecule has 2 aromatic rings. The van der Waals surface area contributed by atoms with Gasteiger partial charge in [0.2, 0.25) is 11.8 Å². The van der Waals surface area contributed by atoms with Crippen LogP contribution in [0.3, 0.4) is 0 Å². The molecule has 0 radical (unpaired) electrons. The van der Waals surface area contributed by atoms with Gasteiger partial charge < -0.3 is 37.5 Å². The van der Waals surface area contributed by atoms with Gasteiger partial charge in [-0.2, -0.15) is 13.2 Å². The number of nitrogens with one attached hydrogen (secondary N) is 2. The number of rotatable bonds is 12. The van der Waals surface area contributed by atoms with E-state index < -0.39 is 36.8 Å². The Morgan fingerprint density at radius 1 is 1.00 bits per heavy atom. The number of carbonyl (C=O) groups is 3. The topological polar surface area (TPSA) is 183 Å². The van der Waals surface area contributed by atoms with Crippen LogP contribution in [-0.2, 0) is 44.7 Å². The minimum atomic E-state index is -4.47. The van der Waals surface area contributed by atoms with Crippen molar-refractivity contribution >= 4 is 30.2 Å². The Morgan fingerprint density at radius 2 is 1.66 bits per heavy atom. The summed E-state index contributed by atoms with van der Waals surface area (Å²) in [6.45, 7) is 0.258. The summed E-state index contributed by atoms with van der Waals surface area (Å²) in [6.07, 6.45) is -2.26. The molecule has 0 aromatic heterocycles. The molecule has 238 valence electrons. The van der Waals surface area contributed by atoms with Gasteiger partial charge in [-0.1, -0.05) is 30.3 Å². The molecule has 2 amide bonds. The molecule has 1 heterocycles. The fourth-order valence-corrected chi connectivity index (χ4v) is 5.71. The van der Waals surface area contributed by atoms with Crippen LogP contribution in [0.25, 0.3) is 0 Å². The van der Waals surface area contributed by atoms with E-state index in [-0.39, 0.29) is 68.5 Å². The van der Waals surface area contributed by atoms with E-state index >= 15 is 0 Å². The van der Waals surface area contributed by atoms with E-state index in [1.54, 1.807) is 18.2 Å². The average molecular weight is 617 g/mol. The minimum absolute atomic E-state index is 0.0146. The lowest BCUT2D eigenvalue weighted by Gasteiger charge is -2.31. The molecule has 14 heteroatoms. The molecule has 2 aliphatic rings. The number of Topliss-reactive ketones (excluding diaryl/α,β-unsaturated/α-hetero) is 1. The molecule has 4 rings (SSSR count). The van der Waals surface area contributed by atoms with Gasteiger partial charge in [0.25, 0.3) is 0 Å². The number of amides is 2. The number of aryl methyl sites for hydroxylation is 1. The average Bonchev–Trinajstić information content (AvgIpc) is 3.32. The van der Waals surface area contributed by atoms with Crippen LogP contribution in [0, 0.1) is 0 Å². The first-order valence-corrected chi connectivity index (χ1v) is 14.7. The number of halogens is 3. The van der Waals surface area contributed by atoms with Crippen LogP contribution in [0.4, 0.5) is 13.2 Å². The highest BCUT2D eigenvalue weighted by Gasteiger charge is 2.31. The van der Waals surface area contributed by atoms with Gasteiger partial charge in [0.05, 0.1) is 24.3 Å². The van der Waals surface area contributed by atoms with Gasteiger partial charge in [-0.3, -0.25) is 14.4 Å². The zero-order valence-corrected chi connectivity index (χ0v) is 24.3. The summed E-state index contributed by atoms with van der Waals surface area (Å²) in [6, 6.07) is 7.39. The summed E-state index contributed by atoms with van der Waals surface area (Å²) < 4.78 is 44.1. The molecular weight excluding hydrogens is 578 g/mol. The molecule has 0 saturated heterocycles. The lowest BCUT2D eigenvalue weighted by Crippen LogP contribution is -2.50. The van der Waals surface area contributed by atoms with Crippen molar-refractivity contribution in [3.05, 3.63) is 64.7 Å². The number of alkyl halides is 3. The molecule has 1 saturated carbocycles. The van der Waals surface area contributed by atoms with E-state index in [2.05, 4.69) is 10.6 Å². The van der Waals surface area contributed by atoms with Crippen molar-refractivity contribution in [2.75, 3.05) is 0 Å². The lowest BCUT2D eigenvalue weighted by atomic mass is 9.78. The second-order valence-electron chi connectivity index (χ2n) is 11.8. The number of nitrogens with two attached hydrogens (primary N) is 3. The summed E-state index contributed by atoms with van der Waals surface area (Å²) in [5.74, 6) is -1.24. The molecule has 10 nitrogen and oxygen atoms in total. The van der Waals surface area contributed by atoms with Crippen LogP contribution in [0.1, 0.15) is 60.8 Å². The van der Waals surface area contributed by atoms with Crippen LogP contribution in [0.5, 0.6) is 0 Å². The highest BCUT2D eigenvalue weighted by molar-refractivity contribution is 6.61. The van der Waals surface area contributed by atoms with Crippen LogP contribution in [-0.4, -0.2) is 59.9 Å². The predicted octanol–water partition coefficient (Wildman–Crippen LogP) is 0.583. The first-order valence-electron chi connectivity index (χ1n) is 14.7. The summed E-state index contributed by atoms with van der Waals surface area (Å²) in [5, 5.41) is 15.6. The summed E-state index contributed by atoms with van der Waals surface area (Å²) >= 11 is 0. The monoisotopic (exact) mass is 617 g/mol. The molecule has 44 heavy (non-hydrogen) atoms. The SMILES string of the molecule is N[C@@H]1CC(NC(=O)CC[C@H](N)C(=O)N[C@H](CCc2ccc(C(F)(F)F)cc2)C(=O)Cc2ccc3c(c2)B(O)OC3)C[C@H](N)C1. The Morgan fingerprint density at radius 3 is 2.32 bits per heavy atom. The van der Waals surface area contributed by atoms with Crippen LogP contribution in [0.2, 0.25) is 0 Å².